The van der Waals surface area contributed by atoms with Crippen molar-refractivity contribution in [3.05, 3.63) is 23.8 Å². The second-order valence-corrected chi connectivity index (χ2v) is 4.47. The Morgan fingerprint density at radius 3 is 2.72 bits per heavy atom. The molecule has 0 fully saturated rings. The van der Waals surface area contributed by atoms with Crippen molar-refractivity contribution in [2.75, 3.05) is 32.8 Å². The van der Waals surface area contributed by atoms with E-state index in [0.717, 1.165) is 50.4 Å². The molecule has 0 saturated carbocycles. The summed E-state index contributed by atoms with van der Waals surface area (Å²) in [6.07, 6.45) is 3.26. The first-order valence-corrected chi connectivity index (χ1v) is 6.69. The van der Waals surface area contributed by atoms with Crippen LogP contribution in [0.2, 0.25) is 0 Å². The number of benzene rings is 1. The predicted octanol–water partition coefficient (Wildman–Crippen LogP) is 1.33. The number of fused-ring (bicyclic) bond motifs is 1. The first-order valence-electron chi connectivity index (χ1n) is 6.69. The fourth-order valence-electron chi connectivity index (χ4n) is 2.00. The lowest BCUT2D eigenvalue weighted by Crippen LogP contribution is -2.19. The Bertz CT molecular complexity index is 369. The Kier molecular flexibility index (Phi) is 5.30. The standard InChI is InChI=1S/C14H22N2O2/c15-6-1-2-7-16-8-5-12-3-4-13-14(11-12)18-10-9-17-13/h3-4,11,16H,1-2,5-10,15H2. The lowest BCUT2D eigenvalue weighted by atomic mass is 10.1. The van der Waals surface area contributed by atoms with Gasteiger partial charge in [0.25, 0.3) is 0 Å². The van der Waals surface area contributed by atoms with Crippen molar-refractivity contribution >= 4 is 0 Å². The highest BCUT2D eigenvalue weighted by Gasteiger charge is 2.11. The summed E-state index contributed by atoms with van der Waals surface area (Å²) in [7, 11) is 0. The van der Waals surface area contributed by atoms with Crippen LogP contribution in [0.3, 0.4) is 0 Å². The summed E-state index contributed by atoms with van der Waals surface area (Å²) < 4.78 is 11.1. The van der Waals surface area contributed by atoms with Crippen LogP contribution >= 0.6 is 0 Å². The molecule has 0 aliphatic carbocycles. The lowest BCUT2D eigenvalue weighted by Gasteiger charge is -2.18. The number of nitrogens with one attached hydrogen (secondary N) is 1. The van der Waals surface area contributed by atoms with Crippen LogP contribution in [-0.4, -0.2) is 32.8 Å². The molecule has 1 aromatic rings. The van der Waals surface area contributed by atoms with E-state index in [4.69, 9.17) is 15.2 Å². The van der Waals surface area contributed by atoms with Crippen molar-refractivity contribution < 1.29 is 9.47 Å². The van der Waals surface area contributed by atoms with E-state index in [0.29, 0.717) is 13.2 Å². The van der Waals surface area contributed by atoms with Gasteiger partial charge in [0.1, 0.15) is 13.2 Å². The normalized spacial score (nSPS) is 13.6. The molecule has 0 radical (unpaired) electrons. The molecule has 0 bridgehead atoms. The summed E-state index contributed by atoms with van der Waals surface area (Å²) in [6.45, 7) is 4.11. The molecular weight excluding hydrogens is 228 g/mol. The van der Waals surface area contributed by atoms with Crippen molar-refractivity contribution in [3.8, 4) is 11.5 Å². The highest BCUT2D eigenvalue weighted by molar-refractivity contribution is 5.43. The maximum Gasteiger partial charge on any atom is 0.161 e. The fourth-order valence-corrected chi connectivity index (χ4v) is 2.00. The second kappa shape index (κ2) is 7.24. The Morgan fingerprint density at radius 1 is 1.06 bits per heavy atom. The fraction of sp³-hybridized carbons (Fsp3) is 0.571. The van der Waals surface area contributed by atoms with Crippen LogP contribution in [0, 0.1) is 0 Å². The molecule has 100 valence electrons. The molecule has 3 N–H and O–H groups in total. The monoisotopic (exact) mass is 250 g/mol. The van der Waals surface area contributed by atoms with Gasteiger partial charge in [0, 0.05) is 0 Å². The molecule has 1 aliphatic heterocycles. The van der Waals surface area contributed by atoms with Gasteiger partial charge in [-0.25, -0.2) is 0 Å². The number of hydrogen-bond donors (Lipinski definition) is 2. The van der Waals surface area contributed by atoms with Crippen LogP contribution in [0.15, 0.2) is 18.2 Å². The van der Waals surface area contributed by atoms with Crippen LogP contribution in [0.5, 0.6) is 11.5 Å². The Labute approximate surface area is 108 Å². The Hall–Kier alpha value is -1.26. The molecule has 1 aliphatic rings. The van der Waals surface area contributed by atoms with Crippen LogP contribution in [-0.2, 0) is 6.42 Å². The third kappa shape index (κ3) is 3.89. The van der Waals surface area contributed by atoms with Crippen molar-refractivity contribution in [1.82, 2.24) is 5.32 Å². The van der Waals surface area contributed by atoms with Gasteiger partial charge < -0.3 is 20.5 Å². The van der Waals surface area contributed by atoms with Gasteiger partial charge in [-0.2, -0.15) is 0 Å². The highest BCUT2D eigenvalue weighted by atomic mass is 16.6. The Morgan fingerprint density at radius 2 is 1.89 bits per heavy atom. The molecule has 1 aromatic carbocycles. The molecule has 0 spiro atoms. The molecule has 0 saturated heterocycles. The molecule has 4 heteroatoms. The summed E-state index contributed by atoms with van der Waals surface area (Å²) in [5, 5.41) is 3.42. The SMILES string of the molecule is NCCCCNCCc1ccc2c(c1)OCCO2. The molecular formula is C14H22N2O2. The van der Waals surface area contributed by atoms with Crippen molar-refractivity contribution in [2.24, 2.45) is 5.73 Å². The second-order valence-electron chi connectivity index (χ2n) is 4.47. The average molecular weight is 250 g/mol. The van der Waals surface area contributed by atoms with E-state index in [2.05, 4.69) is 17.4 Å². The van der Waals surface area contributed by atoms with Crippen LogP contribution in [0.4, 0.5) is 0 Å². The van der Waals surface area contributed by atoms with Crippen LogP contribution in [0.25, 0.3) is 0 Å². The first-order chi connectivity index (χ1) is 8.90. The molecule has 0 aromatic heterocycles. The summed E-state index contributed by atoms with van der Waals surface area (Å²) in [5.74, 6) is 1.74. The Balaban J connectivity index is 1.72. The minimum absolute atomic E-state index is 0.647. The van der Waals surface area contributed by atoms with Gasteiger partial charge in [0.2, 0.25) is 0 Å². The topological polar surface area (TPSA) is 56.5 Å². The number of ether oxygens (including phenoxy) is 2. The van der Waals surface area contributed by atoms with Gasteiger partial charge >= 0.3 is 0 Å². The van der Waals surface area contributed by atoms with Gasteiger partial charge in [-0.15, -0.1) is 0 Å². The average Bonchev–Trinajstić information content (AvgIpc) is 2.42. The molecule has 4 nitrogen and oxygen atoms in total. The van der Waals surface area contributed by atoms with E-state index in [9.17, 15) is 0 Å². The van der Waals surface area contributed by atoms with Gasteiger partial charge in [-0.05, 0) is 56.6 Å². The highest BCUT2D eigenvalue weighted by Crippen LogP contribution is 2.30. The number of unbranched alkanes of at least 4 members (excludes halogenated alkanes) is 1. The van der Waals surface area contributed by atoms with Gasteiger partial charge in [-0.3, -0.25) is 0 Å². The van der Waals surface area contributed by atoms with Crippen LogP contribution in [0.1, 0.15) is 18.4 Å². The van der Waals surface area contributed by atoms with Gasteiger partial charge in [0.05, 0.1) is 0 Å². The lowest BCUT2D eigenvalue weighted by molar-refractivity contribution is 0.171. The minimum Gasteiger partial charge on any atom is -0.486 e. The zero-order chi connectivity index (χ0) is 12.6. The van der Waals surface area contributed by atoms with Gasteiger partial charge in [0.15, 0.2) is 11.5 Å². The van der Waals surface area contributed by atoms with E-state index in [1.165, 1.54) is 5.56 Å². The maximum atomic E-state index is 5.56. The largest absolute Gasteiger partial charge is 0.486 e. The number of rotatable bonds is 7. The summed E-state index contributed by atoms with van der Waals surface area (Å²) in [6, 6.07) is 6.18. The van der Waals surface area contributed by atoms with Crippen molar-refractivity contribution in [3.63, 3.8) is 0 Å². The summed E-state index contributed by atoms with van der Waals surface area (Å²) in [4.78, 5) is 0. The van der Waals surface area contributed by atoms with E-state index in [1.807, 2.05) is 6.07 Å². The molecule has 18 heavy (non-hydrogen) atoms. The zero-order valence-corrected chi connectivity index (χ0v) is 10.8. The molecule has 0 atom stereocenters. The molecule has 1 heterocycles. The molecule has 2 rings (SSSR count). The van der Waals surface area contributed by atoms with Crippen LogP contribution < -0.4 is 20.5 Å². The number of nitrogens with two attached hydrogens (primary N) is 1. The zero-order valence-electron chi connectivity index (χ0n) is 10.8. The molecule has 0 amide bonds. The van der Waals surface area contributed by atoms with Crippen molar-refractivity contribution in [2.45, 2.75) is 19.3 Å². The maximum absolute atomic E-state index is 5.56. The third-order valence-electron chi connectivity index (χ3n) is 3.00. The third-order valence-corrected chi connectivity index (χ3v) is 3.00. The number of hydrogen-bond acceptors (Lipinski definition) is 4. The van der Waals surface area contributed by atoms with E-state index < -0.39 is 0 Å². The summed E-state index contributed by atoms with van der Waals surface area (Å²) >= 11 is 0. The van der Waals surface area contributed by atoms with E-state index >= 15 is 0 Å². The van der Waals surface area contributed by atoms with E-state index in [-0.39, 0.29) is 0 Å². The van der Waals surface area contributed by atoms with Crippen molar-refractivity contribution in [1.29, 1.82) is 0 Å². The molecule has 0 unspecified atom stereocenters. The summed E-state index contributed by atoms with van der Waals surface area (Å²) in [5.41, 5.74) is 6.73. The quantitative estimate of drug-likeness (QED) is 0.717. The smallest absolute Gasteiger partial charge is 0.161 e. The minimum atomic E-state index is 0.647. The first kappa shape index (κ1) is 13.2. The predicted molar refractivity (Wildman–Crippen MR) is 72.3 cm³/mol. The van der Waals surface area contributed by atoms with E-state index in [1.54, 1.807) is 0 Å². The van der Waals surface area contributed by atoms with Gasteiger partial charge in [-0.1, -0.05) is 6.07 Å².